The molecule has 2 heterocycles. The van der Waals surface area contributed by atoms with Crippen LogP contribution in [0.3, 0.4) is 0 Å². The number of aromatic nitrogens is 2. The van der Waals surface area contributed by atoms with E-state index in [-0.39, 0.29) is 11.6 Å². The first-order valence-electron chi connectivity index (χ1n) is 9.91. The summed E-state index contributed by atoms with van der Waals surface area (Å²) in [5.41, 5.74) is 5.53. The molecule has 6 heteroatoms. The van der Waals surface area contributed by atoms with Crippen molar-refractivity contribution in [3.05, 3.63) is 71.7 Å². The van der Waals surface area contributed by atoms with E-state index in [0.717, 1.165) is 30.0 Å². The van der Waals surface area contributed by atoms with Crippen LogP contribution in [0.2, 0.25) is 0 Å². The summed E-state index contributed by atoms with van der Waals surface area (Å²) in [4.78, 5) is 23.4. The second kappa shape index (κ2) is 8.31. The molecular formula is C23H25N5O. The Balaban J connectivity index is 1.38. The van der Waals surface area contributed by atoms with E-state index in [2.05, 4.69) is 38.5 Å². The van der Waals surface area contributed by atoms with E-state index in [1.54, 1.807) is 6.20 Å². The quantitative estimate of drug-likeness (QED) is 0.665. The van der Waals surface area contributed by atoms with Gasteiger partial charge in [-0.15, -0.1) is 0 Å². The minimum Gasteiger partial charge on any atom is -0.372 e. The lowest BCUT2D eigenvalue weighted by Gasteiger charge is -2.17. The molecule has 0 atom stereocenters. The number of anilines is 4. The maximum absolute atomic E-state index is 12.5. The van der Waals surface area contributed by atoms with Crippen molar-refractivity contribution >= 4 is 28.8 Å². The van der Waals surface area contributed by atoms with Gasteiger partial charge in [0.1, 0.15) is 11.5 Å². The standard InChI is InChI=1S/C23H25N5O/c1-16-5-10-20(17(2)13-16)27-22-15-24-21(14-25-22)23(29)26-18-6-8-19(9-7-18)28-11-3-4-12-28/h5-10,13-15H,3-4,11-12H2,1-2H3,(H,25,27)(H,26,29). The first-order valence-corrected chi connectivity index (χ1v) is 9.91. The van der Waals surface area contributed by atoms with E-state index >= 15 is 0 Å². The topological polar surface area (TPSA) is 70.2 Å². The molecule has 6 nitrogen and oxygen atoms in total. The Kier molecular flexibility index (Phi) is 5.42. The van der Waals surface area contributed by atoms with Crippen molar-refractivity contribution in [1.82, 2.24) is 9.97 Å². The second-order valence-corrected chi connectivity index (χ2v) is 7.43. The number of carbonyl (C=O) groups is 1. The molecule has 1 aliphatic rings. The molecule has 1 amide bonds. The highest BCUT2D eigenvalue weighted by atomic mass is 16.1. The van der Waals surface area contributed by atoms with Gasteiger partial charge in [0.15, 0.2) is 0 Å². The van der Waals surface area contributed by atoms with Crippen LogP contribution >= 0.6 is 0 Å². The van der Waals surface area contributed by atoms with Gasteiger partial charge in [0.05, 0.1) is 12.4 Å². The van der Waals surface area contributed by atoms with Gasteiger partial charge in [-0.05, 0) is 62.6 Å². The van der Waals surface area contributed by atoms with E-state index in [4.69, 9.17) is 0 Å². The second-order valence-electron chi connectivity index (χ2n) is 7.43. The van der Waals surface area contributed by atoms with Crippen molar-refractivity contribution in [1.29, 1.82) is 0 Å². The largest absolute Gasteiger partial charge is 0.372 e. The summed E-state index contributed by atoms with van der Waals surface area (Å²) < 4.78 is 0. The zero-order valence-electron chi connectivity index (χ0n) is 16.8. The summed E-state index contributed by atoms with van der Waals surface area (Å²) in [5.74, 6) is 0.327. The van der Waals surface area contributed by atoms with Gasteiger partial charge in [0, 0.05) is 30.2 Å². The molecule has 0 unspecified atom stereocenters. The maximum atomic E-state index is 12.5. The van der Waals surface area contributed by atoms with Crippen molar-refractivity contribution in [2.75, 3.05) is 28.6 Å². The average molecular weight is 387 g/mol. The molecule has 29 heavy (non-hydrogen) atoms. The molecular weight excluding hydrogens is 362 g/mol. The number of benzene rings is 2. The fourth-order valence-corrected chi connectivity index (χ4v) is 3.53. The number of hydrogen-bond acceptors (Lipinski definition) is 5. The Morgan fingerprint density at radius 2 is 1.72 bits per heavy atom. The van der Waals surface area contributed by atoms with E-state index in [1.165, 1.54) is 30.3 Å². The van der Waals surface area contributed by atoms with Crippen LogP contribution in [-0.2, 0) is 0 Å². The minimum atomic E-state index is -0.274. The summed E-state index contributed by atoms with van der Waals surface area (Å²) in [7, 11) is 0. The third-order valence-corrected chi connectivity index (χ3v) is 5.13. The molecule has 1 aromatic heterocycles. The lowest BCUT2D eigenvalue weighted by Crippen LogP contribution is -2.18. The summed E-state index contributed by atoms with van der Waals surface area (Å²) in [6.07, 6.45) is 5.54. The molecule has 0 spiro atoms. The van der Waals surface area contributed by atoms with E-state index in [0.29, 0.717) is 5.82 Å². The third-order valence-electron chi connectivity index (χ3n) is 5.13. The van der Waals surface area contributed by atoms with Crippen LogP contribution in [0.5, 0.6) is 0 Å². The highest BCUT2D eigenvalue weighted by Gasteiger charge is 2.13. The van der Waals surface area contributed by atoms with Gasteiger partial charge < -0.3 is 15.5 Å². The summed E-state index contributed by atoms with van der Waals surface area (Å²) in [5, 5.41) is 6.12. The molecule has 0 aliphatic carbocycles. The van der Waals surface area contributed by atoms with Gasteiger partial charge in [-0.2, -0.15) is 0 Å². The number of rotatable bonds is 5. The van der Waals surface area contributed by atoms with E-state index < -0.39 is 0 Å². The highest BCUT2D eigenvalue weighted by Crippen LogP contribution is 2.23. The van der Waals surface area contributed by atoms with E-state index in [1.807, 2.05) is 43.3 Å². The molecule has 3 aromatic rings. The zero-order valence-corrected chi connectivity index (χ0v) is 16.8. The fraction of sp³-hybridized carbons (Fsp3) is 0.261. The number of nitrogens with zero attached hydrogens (tertiary/aromatic N) is 3. The predicted octanol–water partition coefficient (Wildman–Crippen LogP) is 4.69. The fourth-order valence-electron chi connectivity index (χ4n) is 3.53. The van der Waals surface area contributed by atoms with Crippen molar-refractivity contribution < 1.29 is 4.79 Å². The number of aryl methyl sites for hydroxylation is 2. The molecule has 1 fully saturated rings. The molecule has 4 rings (SSSR count). The summed E-state index contributed by atoms with van der Waals surface area (Å²) >= 11 is 0. The zero-order chi connectivity index (χ0) is 20.2. The number of carbonyl (C=O) groups excluding carboxylic acids is 1. The Morgan fingerprint density at radius 3 is 2.38 bits per heavy atom. The summed E-state index contributed by atoms with van der Waals surface area (Å²) in [6, 6.07) is 14.1. The van der Waals surface area contributed by atoms with Crippen molar-refractivity contribution in [3.8, 4) is 0 Å². The minimum absolute atomic E-state index is 0.274. The molecule has 0 bridgehead atoms. The van der Waals surface area contributed by atoms with Gasteiger partial charge >= 0.3 is 0 Å². The highest BCUT2D eigenvalue weighted by molar-refractivity contribution is 6.02. The number of nitrogens with one attached hydrogen (secondary N) is 2. The van der Waals surface area contributed by atoms with Gasteiger partial charge in [-0.3, -0.25) is 4.79 Å². The van der Waals surface area contributed by atoms with Crippen molar-refractivity contribution in [2.24, 2.45) is 0 Å². The van der Waals surface area contributed by atoms with Gasteiger partial charge in [-0.25, -0.2) is 9.97 Å². The molecule has 148 valence electrons. The maximum Gasteiger partial charge on any atom is 0.275 e. The lowest BCUT2D eigenvalue weighted by molar-refractivity contribution is 0.102. The van der Waals surface area contributed by atoms with Crippen LogP contribution in [0.15, 0.2) is 54.9 Å². The lowest BCUT2D eigenvalue weighted by atomic mass is 10.1. The van der Waals surface area contributed by atoms with Crippen molar-refractivity contribution in [2.45, 2.75) is 26.7 Å². The van der Waals surface area contributed by atoms with Crippen LogP contribution in [-0.4, -0.2) is 29.0 Å². The smallest absolute Gasteiger partial charge is 0.275 e. The average Bonchev–Trinajstić information content (AvgIpc) is 3.26. The Hall–Kier alpha value is -3.41. The monoisotopic (exact) mass is 387 g/mol. The van der Waals surface area contributed by atoms with Crippen LogP contribution < -0.4 is 15.5 Å². The Morgan fingerprint density at radius 1 is 0.966 bits per heavy atom. The van der Waals surface area contributed by atoms with Gasteiger partial charge in [0.25, 0.3) is 5.91 Å². The summed E-state index contributed by atoms with van der Waals surface area (Å²) in [6.45, 7) is 6.30. The van der Waals surface area contributed by atoms with Crippen LogP contribution in [0.1, 0.15) is 34.5 Å². The van der Waals surface area contributed by atoms with Crippen LogP contribution in [0.4, 0.5) is 22.9 Å². The normalized spacial score (nSPS) is 13.4. The third kappa shape index (κ3) is 4.54. The van der Waals surface area contributed by atoms with Gasteiger partial charge in [0.2, 0.25) is 0 Å². The van der Waals surface area contributed by atoms with E-state index in [9.17, 15) is 4.79 Å². The number of amides is 1. The molecule has 1 aliphatic heterocycles. The Bertz CT molecular complexity index is 993. The molecule has 1 saturated heterocycles. The Labute approximate surface area is 171 Å². The van der Waals surface area contributed by atoms with Crippen molar-refractivity contribution in [3.63, 3.8) is 0 Å². The SMILES string of the molecule is Cc1ccc(Nc2cnc(C(=O)Nc3ccc(N4CCCC4)cc3)cn2)c(C)c1. The first kappa shape index (κ1) is 18.9. The molecule has 2 aromatic carbocycles. The molecule has 2 N–H and O–H groups in total. The van der Waals surface area contributed by atoms with Gasteiger partial charge in [-0.1, -0.05) is 17.7 Å². The first-order chi connectivity index (χ1) is 14.1. The predicted molar refractivity (Wildman–Crippen MR) is 117 cm³/mol. The van der Waals surface area contributed by atoms with Crippen LogP contribution in [0.25, 0.3) is 0 Å². The molecule has 0 radical (unpaired) electrons. The molecule has 0 saturated carbocycles. The number of hydrogen-bond donors (Lipinski definition) is 2. The van der Waals surface area contributed by atoms with Crippen LogP contribution in [0, 0.1) is 13.8 Å².